The minimum absolute atomic E-state index is 0.708. The van der Waals surface area contributed by atoms with Crippen LogP contribution >= 0.6 is 0 Å². The third-order valence-corrected chi connectivity index (χ3v) is 12.1. The van der Waals surface area contributed by atoms with Crippen molar-refractivity contribution in [1.29, 1.82) is 0 Å². The molecule has 0 fully saturated rings. The molecule has 11 rings (SSSR count). The maximum atomic E-state index is 5.17. The predicted octanol–water partition coefficient (Wildman–Crippen LogP) is 16.2. The summed E-state index contributed by atoms with van der Waals surface area (Å²) >= 11 is 0. The lowest BCUT2D eigenvalue weighted by atomic mass is 9.94. The van der Waals surface area contributed by atoms with Crippen LogP contribution in [0.25, 0.3) is 94.8 Å². The maximum Gasteiger partial charge on any atom is 0.160 e. The Morgan fingerprint density at radius 3 is 1.27 bits per heavy atom. The van der Waals surface area contributed by atoms with Gasteiger partial charge in [0.15, 0.2) is 5.82 Å². The molecule has 0 unspecified atom stereocenters. The van der Waals surface area contributed by atoms with Crippen molar-refractivity contribution >= 4 is 21.8 Å². The minimum Gasteiger partial charge on any atom is -0.309 e. The van der Waals surface area contributed by atoms with Gasteiger partial charge >= 0.3 is 0 Å². The minimum atomic E-state index is 0.708. The van der Waals surface area contributed by atoms with E-state index in [9.17, 15) is 0 Å². The monoisotopic (exact) mass is 821 g/mol. The van der Waals surface area contributed by atoms with E-state index < -0.39 is 0 Å². The summed E-state index contributed by atoms with van der Waals surface area (Å²) in [5.41, 5.74) is 19.6. The Balaban J connectivity index is 0.000000295. The zero-order valence-corrected chi connectivity index (χ0v) is 36.3. The van der Waals surface area contributed by atoms with Gasteiger partial charge in [-0.1, -0.05) is 188 Å². The van der Waals surface area contributed by atoms with E-state index in [2.05, 4.69) is 232 Å². The van der Waals surface area contributed by atoms with Crippen LogP contribution in [-0.2, 0) is 0 Å². The van der Waals surface area contributed by atoms with Gasteiger partial charge in [-0.2, -0.15) is 0 Å². The standard InChI is InChI=1S/C47H33N3.C14H14/c1-32-20-22-33(23-21-32)37-28-38(34-24-26-40(27-25-34)50-45-18-10-8-16-41(45)42-17-9-11-19-46(42)50)30-39(29-37)44-31-43(35-12-4-2-5-13-35)48-47(49-44)36-14-6-3-7-15-36;1-11-7-3-5-9-13(11)14-10-6-4-8-12(14)2/h2-31H,1H3;3-10H,1-2H3. The summed E-state index contributed by atoms with van der Waals surface area (Å²) in [7, 11) is 0. The van der Waals surface area contributed by atoms with Crippen molar-refractivity contribution in [2.24, 2.45) is 0 Å². The highest BCUT2D eigenvalue weighted by Gasteiger charge is 2.15. The molecule has 3 nitrogen and oxygen atoms in total. The average molecular weight is 822 g/mol. The highest BCUT2D eigenvalue weighted by molar-refractivity contribution is 6.09. The van der Waals surface area contributed by atoms with Crippen molar-refractivity contribution < 1.29 is 0 Å². The number of hydrogen-bond donors (Lipinski definition) is 0. The first-order valence-electron chi connectivity index (χ1n) is 21.9. The van der Waals surface area contributed by atoms with E-state index in [4.69, 9.17) is 9.97 Å². The molecule has 0 aliphatic heterocycles. The number of aryl methyl sites for hydroxylation is 3. The summed E-state index contributed by atoms with van der Waals surface area (Å²) < 4.78 is 2.36. The maximum absolute atomic E-state index is 5.17. The molecule has 0 aliphatic carbocycles. The Kier molecular flexibility index (Phi) is 11.0. The molecule has 0 spiro atoms. The van der Waals surface area contributed by atoms with Gasteiger partial charge in [-0.25, -0.2) is 9.97 Å². The third kappa shape index (κ3) is 8.15. The second-order valence-electron chi connectivity index (χ2n) is 16.4. The lowest BCUT2D eigenvalue weighted by Gasteiger charge is -2.14. The van der Waals surface area contributed by atoms with E-state index >= 15 is 0 Å². The van der Waals surface area contributed by atoms with E-state index in [1.54, 1.807) is 0 Å². The van der Waals surface area contributed by atoms with Gasteiger partial charge in [0.25, 0.3) is 0 Å². The normalized spacial score (nSPS) is 11.0. The molecule has 3 heteroatoms. The third-order valence-electron chi connectivity index (χ3n) is 12.1. The molecule has 9 aromatic carbocycles. The first kappa shape index (κ1) is 40.0. The number of hydrogen-bond acceptors (Lipinski definition) is 2. The van der Waals surface area contributed by atoms with Gasteiger partial charge < -0.3 is 4.57 Å². The van der Waals surface area contributed by atoms with E-state index in [1.165, 1.54) is 55.2 Å². The van der Waals surface area contributed by atoms with Crippen molar-refractivity contribution in [3.05, 3.63) is 247 Å². The summed E-state index contributed by atoms with van der Waals surface area (Å²) in [6.07, 6.45) is 0. The van der Waals surface area contributed by atoms with Crippen LogP contribution in [0.15, 0.2) is 231 Å². The summed E-state index contributed by atoms with van der Waals surface area (Å²) in [5, 5.41) is 2.52. The largest absolute Gasteiger partial charge is 0.309 e. The SMILES string of the molecule is Cc1ccc(-c2cc(-c3ccc(-n4c5ccccc5c5ccccc54)cc3)cc(-c3cc(-c4ccccc4)nc(-c4ccccc4)n3)c2)cc1.Cc1ccccc1-c1ccccc1C. The molecule has 0 radical (unpaired) electrons. The highest BCUT2D eigenvalue weighted by atomic mass is 15.0. The lowest BCUT2D eigenvalue weighted by molar-refractivity contribution is 1.18. The lowest BCUT2D eigenvalue weighted by Crippen LogP contribution is -1.96. The fourth-order valence-electron chi connectivity index (χ4n) is 8.68. The van der Waals surface area contributed by atoms with E-state index in [-0.39, 0.29) is 0 Å². The predicted molar refractivity (Wildman–Crippen MR) is 270 cm³/mol. The van der Waals surface area contributed by atoms with Crippen molar-refractivity contribution in [3.8, 4) is 73.0 Å². The zero-order chi connectivity index (χ0) is 43.4. The molecule has 0 aliphatic rings. The van der Waals surface area contributed by atoms with Crippen LogP contribution in [0, 0.1) is 20.8 Å². The molecule has 0 saturated carbocycles. The van der Waals surface area contributed by atoms with Crippen molar-refractivity contribution in [3.63, 3.8) is 0 Å². The summed E-state index contributed by atoms with van der Waals surface area (Å²) in [6.45, 7) is 6.44. The van der Waals surface area contributed by atoms with E-state index in [0.29, 0.717) is 5.82 Å². The van der Waals surface area contributed by atoms with E-state index in [1.807, 2.05) is 24.3 Å². The van der Waals surface area contributed by atoms with Gasteiger partial charge in [-0.15, -0.1) is 0 Å². The van der Waals surface area contributed by atoms with Crippen LogP contribution in [0.3, 0.4) is 0 Å². The van der Waals surface area contributed by atoms with Crippen LogP contribution in [0.2, 0.25) is 0 Å². The summed E-state index contributed by atoms with van der Waals surface area (Å²) in [6, 6.07) is 81.5. The average Bonchev–Trinajstić information content (AvgIpc) is 3.69. The molecule has 0 N–H and O–H groups in total. The summed E-state index contributed by atoms with van der Waals surface area (Å²) in [5.74, 6) is 0.708. The topological polar surface area (TPSA) is 30.7 Å². The molecule has 64 heavy (non-hydrogen) atoms. The van der Waals surface area contributed by atoms with Gasteiger partial charge in [-0.3, -0.25) is 0 Å². The zero-order valence-electron chi connectivity index (χ0n) is 36.3. The number of rotatable bonds is 7. The molecule has 306 valence electrons. The van der Waals surface area contributed by atoms with Crippen molar-refractivity contribution in [1.82, 2.24) is 14.5 Å². The van der Waals surface area contributed by atoms with Crippen LogP contribution in [0.4, 0.5) is 0 Å². The van der Waals surface area contributed by atoms with Gasteiger partial charge in [0.2, 0.25) is 0 Å². The van der Waals surface area contributed by atoms with Crippen LogP contribution in [0.5, 0.6) is 0 Å². The molecule has 11 aromatic rings. The fraction of sp³-hybridized carbons (Fsp3) is 0.0492. The molecule has 0 bridgehead atoms. The molecule has 0 atom stereocenters. The van der Waals surface area contributed by atoms with Crippen molar-refractivity contribution in [2.45, 2.75) is 20.8 Å². The Labute approximate surface area is 375 Å². The number of fused-ring (bicyclic) bond motifs is 3. The van der Waals surface area contributed by atoms with Gasteiger partial charge in [0, 0.05) is 33.2 Å². The number of benzene rings is 9. The van der Waals surface area contributed by atoms with Gasteiger partial charge in [0.1, 0.15) is 0 Å². The molecule has 2 heterocycles. The summed E-state index contributed by atoms with van der Waals surface area (Å²) in [4.78, 5) is 10.2. The van der Waals surface area contributed by atoms with Crippen molar-refractivity contribution in [2.75, 3.05) is 0 Å². The first-order chi connectivity index (χ1) is 31.5. The quantitative estimate of drug-likeness (QED) is 0.160. The number of aromatic nitrogens is 3. The Morgan fingerprint density at radius 2 is 0.734 bits per heavy atom. The second kappa shape index (κ2) is 17.7. The smallest absolute Gasteiger partial charge is 0.160 e. The van der Waals surface area contributed by atoms with Crippen LogP contribution in [0.1, 0.15) is 16.7 Å². The molecular formula is C61H47N3. The Bertz CT molecular complexity index is 3230. The molecular weight excluding hydrogens is 775 g/mol. The number of nitrogens with zero attached hydrogens (tertiary/aromatic N) is 3. The molecule has 0 saturated heterocycles. The molecule has 0 amide bonds. The van der Waals surface area contributed by atoms with E-state index in [0.717, 1.165) is 50.5 Å². The Hall–Kier alpha value is -8.14. The van der Waals surface area contributed by atoms with Gasteiger partial charge in [0.05, 0.1) is 22.4 Å². The van der Waals surface area contributed by atoms with Gasteiger partial charge in [-0.05, 0) is 114 Å². The molecule has 2 aromatic heterocycles. The fourth-order valence-corrected chi connectivity index (χ4v) is 8.68. The van der Waals surface area contributed by atoms with Crippen LogP contribution in [-0.4, -0.2) is 14.5 Å². The first-order valence-corrected chi connectivity index (χ1v) is 21.9. The Morgan fingerprint density at radius 1 is 0.312 bits per heavy atom. The van der Waals surface area contributed by atoms with Crippen LogP contribution < -0.4 is 0 Å². The highest BCUT2D eigenvalue weighted by Crippen LogP contribution is 2.37. The number of para-hydroxylation sites is 2. The second-order valence-corrected chi connectivity index (χ2v) is 16.4.